The van der Waals surface area contributed by atoms with Crippen molar-refractivity contribution in [2.24, 2.45) is 5.73 Å². The van der Waals surface area contributed by atoms with Gasteiger partial charge in [-0.15, -0.1) is 0 Å². The van der Waals surface area contributed by atoms with E-state index in [9.17, 15) is 26.4 Å². The number of hydrogen-bond donors (Lipinski definition) is 3. The maximum Gasteiger partial charge on any atom is 0.416 e. The number of hydrogen-bond acceptors (Lipinski definition) is 3. The Kier molecular flexibility index (Phi) is 4.17. The Morgan fingerprint density at radius 2 is 1.94 bits per heavy atom. The van der Waals surface area contributed by atoms with Gasteiger partial charge in [0.1, 0.15) is 10.7 Å². The van der Waals surface area contributed by atoms with E-state index in [1.165, 1.54) is 0 Å². The Labute approximate surface area is 102 Å². The van der Waals surface area contributed by atoms with E-state index < -0.39 is 34.2 Å². The number of primary amides is 1. The Morgan fingerprint density at radius 3 is 2.39 bits per heavy atom. The van der Waals surface area contributed by atoms with Gasteiger partial charge in [-0.05, 0) is 23.8 Å². The van der Waals surface area contributed by atoms with E-state index in [1.807, 2.05) is 0 Å². The zero-order valence-electron chi connectivity index (χ0n) is 8.82. The van der Waals surface area contributed by atoms with E-state index in [0.717, 1.165) is 12.1 Å². The van der Waals surface area contributed by atoms with Crippen molar-refractivity contribution in [3.05, 3.63) is 29.3 Å². The molecule has 0 saturated carbocycles. The van der Waals surface area contributed by atoms with Crippen molar-refractivity contribution in [1.29, 1.82) is 0 Å². The van der Waals surface area contributed by atoms with Crippen LogP contribution in [0.1, 0.15) is 11.1 Å². The Bertz CT molecular complexity index is 532. The minimum atomic E-state index is -4.59. The average Bonchev–Trinajstić information content (AvgIpc) is 2.17. The van der Waals surface area contributed by atoms with E-state index in [1.54, 1.807) is 0 Å². The molecule has 3 N–H and O–H groups in total. The summed E-state index contributed by atoms with van der Waals surface area (Å²) in [5, 5.41) is 2.06. The highest BCUT2D eigenvalue weighted by molar-refractivity contribution is 7.71. The van der Waals surface area contributed by atoms with Crippen LogP contribution < -0.4 is 11.1 Å². The van der Waals surface area contributed by atoms with Gasteiger partial charge in [0.15, 0.2) is 0 Å². The number of amides is 2. The number of rotatable bonds is 3. The fourth-order valence-electron chi connectivity index (χ4n) is 1.29. The number of nitrogens with one attached hydrogen (secondary N) is 1. The van der Waals surface area contributed by atoms with Gasteiger partial charge in [-0.3, -0.25) is 0 Å². The molecule has 0 aliphatic rings. The number of benzene rings is 1. The Morgan fingerprint density at radius 1 is 1.33 bits per heavy atom. The lowest BCUT2D eigenvalue weighted by Gasteiger charge is -2.12. The first kappa shape index (κ1) is 14.3. The largest absolute Gasteiger partial charge is 0.416 e. The highest BCUT2D eigenvalue weighted by atomic mass is 32.2. The van der Waals surface area contributed by atoms with Gasteiger partial charge in [0.25, 0.3) is 0 Å². The first-order valence-electron chi connectivity index (χ1n) is 4.58. The minimum Gasteiger partial charge on any atom is -0.351 e. The molecule has 0 saturated heterocycles. The summed E-state index contributed by atoms with van der Waals surface area (Å²) in [7, 11) is -2.93. The first-order chi connectivity index (χ1) is 8.20. The van der Waals surface area contributed by atoms with Gasteiger partial charge in [0.05, 0.1) is 11.3 Å². The van der Waals surface area contributed by atoms with Gasteiger partial charge >= 0.3 is 12.2 Å². The van der Waals surface area contributed by atoms with Gasteiger partial charge in [0.2, 0.25) is 0 Å². The molecule has 1 aromatic carbocycles. The lowest BCUT2D eigenvalue weighted by atomic mass is 10.1. The van der Waals surface area contributed by atoms with Gasteiger partial charge in [-0.2, -0.15) is 13.2 Å². The monoisotopic (exact) mass is 282 g/mol. The molecule has 0 aliphatic carbocycles. The van der Waals surface area contributed by atoms with Crippen LogP contribution in [0.2, 0.25) is 0 Å². The van der Waals surface area contributed by atoms with Crippen molar-refractivity contribution in [1.82, 2.24) is 0 Å². The fourth-order valence-corrected chi connectivity index (χ4v) is 1.83. The number of carbonyl (C=O) groups is 1. The van der Waals surface area contributed by atoms with Crippen LogP contribution in [-0.2, 0) is 22.6 Å². The zero-order valence-corrected chi connectivity index (χ0v) is 9.72. The summed E-state index contributed by atoms with van der Waals surface area (Å²) in [4.78, 5) is 10.6. The molecule has 100 valence electrons. The first-order valence-corrected chi connectivity index (χ1v) is 5.95. The molecule has 0 radical (unpaired) electrons. The third-order valence-corrected chi connectivity index (χ3v) is 2.59. The molecule has 0 spiro atoms. The van der Waals surface area contributed by atoms with Crippen LogP contribution in [-0.4, -0.2) is 14.4 Å². The summed E-state index contributed by atoms with van der Waals surface area (Å²) in [5.41, 5.74) is 3.60. The molecule has 9 heteroatoms. The molecule has 1 aromatic rings. The molecular weight excluding hydrogens is 273 g/mol. The van der Waals surface area contributed by atoms with E-state index in [0.29, 0.717) is 6.07 Å². The lowest BCUT2D eigenvalue weighted by molar-refractivity contribution is -0.137. The zero-order chi connectivity index (χ0) is 13.9. The topological polar surface area (TPSA) is 89.3 Å². The van der Waals surface area contributed by atoms with Gasteiger partial charge in [0, 0.05) is 5.69 Å². The molecule has 0 unspecified atom stereocenters. The molecule has 0 fully saturated rings. The number of alkyl halides is 3. The van der Waals surface area contributed by atoms with Crippen molar-refractivity contribution < 1.29 is 26.4 Å². The summed E-state index contributed by atoms with van der Waals surface area (Å²) < 4.78 is 58.5. The summed E-state index contributed by atoms with van der Waals surface area (Å²) in [6.45, 7) is 0. The number of urea groups is 1. The summed E-state index contributed by atoms with van der Waals surface area (Å²) >= 11 is 0. The van der Waals surface area contributed by atoms with E-state index in [4.69, 9.17) is 5.73 Å². The second kappa shape index (κ2) is 5.25. The predicted octanol–water partition coefficient (Wildman–Crippen LogP) is 1.31. The smallest absolute Gasteiger partial charge is 0.351 e. The van der Waals surface area contributed by atoms with Crippen LogP contribution in [0.15, 0.2) is 18.2 Å². The van der Waals surface area contributed by atoms with Crippen molar-refractivity contribution in [2.45, 2.75) is 11.9 Å². The highest BCUT2D eigenvalue weighted by Crippen LogP contribution is 2.32. The van der Waals surface area contributed by atoms with Crippen molar-refractivity contribution >= 4 is 22.4 Å². The van der Waals surface area contributed by atoms with Gasteiger partial charge in [-0.1, -0.05) is 0 Å². The molecule has 0 heterocycles. The number of nitrogens with two attached hydrogens (primary N) is 1. The summed E-state index contributed by atoms with van der Waals surface area (Å²) in [6.07, 6.45) is -4.59. The van der Waals surface area contributed by atoms with Crippen LogP contribution in [0.4, 0.5) is 23.7 Å². The molecule has 0 aromatic heterocycles. The van der Waals surface area contributed by atoms with E-state index >= 15 is 0 Å². The SMILES string of the molecule is NC(=O)Nc1ccc(C(F)(F)F)cc1C[SH](=O)=O. The molecular formula is C9H9F3N2O3S. The normalized spacial score (nSPS) is 11.6. The number of anilines is 1. The van der Waals surface area contributed by atoms with Crippen LogP contribution in [0.5, 0.6) is 0 Å². The van der Waals surface area contributed by atoms with Crippen LogP contribution in [0.25, 0.3) is 0 Å². The maximum absolute atomic E-state index is 12.4. The standard InChI is InChI=1S/C9H9F3N2O3S/c10-9(11,12)6-1-2-7(14-8(13)15)5(3-6)4-18(16)17/h1-3,18H,4H2,(H3,13,14,15). The quantitative estimate of drug-likeness (QED) is 0.730. The van der Waals surface area contributed by atoms with E-state index in [-0.39, 0.29) is 11.3 Å². The molecule has 18 heavy (non-hydrogen) atoms. The second-order valence-electron chi connectivity index (χ2n) is 3.35. The second-order valence-corrected chi connectivity index (χ2v) is 4.33. The Hall–Kier alpha value is -1.77. The lowest BCUT2D eigenvalue weighted by Crippen LogP contribution is -2.20. The molecule has 2 amide bonds. The fraction of sp³-hybridized carbons (Fsp3) is 0.222. The minimum absolute atomic E-state index is 0.0605. The number of thiol groups is 1. The van der Waals surface area contributed by atoms with Gasteiger partial charge < -0.3 is 11.1 Å². The van der Waals surface area contributed by atoms with Crippen molar-refractivity contribution in [2.75, 3.05) is 5.32 Å². The Balaban J connectivity index is 3.24. The molecule has 0 aliphatic heterocycles. The third kappa shape index (κ3) is 3.91. The van der Waals surface area contributed by atoms with Crippen LogP contribution in [0.3, 0.4) is 0 Å². The molecule has 5 nitrogen and oxygen atoms in total. The predicted molar refractivity (Wildman–Crippen MR) is 58.7 cm³/mol. The molecule has 1 rings (SSSR count). The summed E-state index contributed by atoms with van der Waals surface area (Å²) in [6, 6.07) is 1.36. The van der Waals surface area contributed by atoms with Gasteiger partial charge in [-0.25, -0.2) is 13.2 Å². The average molecular weight is 282 g/mol. The van der Waals surface area contributed by atoms with E-state index in [2.05, 4.69) is 5.32 Å². The number of halogens is 3. The van der Waals surface area contributed by atoms with Crippen LogP contribution in [0, 0.1) is 0 Å². The summed E-state index contributed by atoms with van der Waals surface area (Å²) in [5.74, 6) is -0.616. The van der Waals surface area contributed by atoms with Crippen LogP contribution >= 0.6 is 0 Å². The maximum atomic E-state index is 12.4. The van der Waals surface area contributed by atoms with Crippen molar-refractivity contribution in [3.8, 4) is 0 Å². The molecule has 0 bridgehead atoms. The molecule has 0 atom stereocenters. The van der Waals surface area contributed by atoms with Crippen molar-refractivity contribution in [3.63, 3.8) is 0 Å². The highest BCUT2D eigenvalue weighted by Gasteiger charge is 2.31. The third-order valence-electron chi connectivity index (χ3n) is 1.99. The number of carbonyl (C=O) groups excluding carboxylic acids is 1.